The Balaban J connectivity index is 2.07. The highest BCUT2D eigenvalue weighted by Crippen LogP contribution is 2.23. The van der Waals surface area contributed by atoms with Crippen LogP contribution in [0.4, 0.5) is 0 Å². The van der Waals surface area contributed by atoms with Gasteiger partial charge in [0, 0.05) is 28.4 Å². The molecule has 0 amide bonds. The Bertz CT molecular complexity index is 610. The van der Waals surface area contributed by atoms with Crippen LogP contribution in [-0.2, 0) is 10.0 Å². The van der Waals surface area contributed by atoms with E-state index in [1.165, 1.54) is 18.9 Å². The first-order valence-corrected chi connectivity index (χ1v) is 10.1. The van der Waals surface area contributed by atoms with Crippen molar-refractivity contribution in [3.63, 3.8) is 0 Å². The molecule has 0 aliphatic heterocycles. The van der Waals surface area contributed by atoms with Gasteiger partial charge in [-0.3, -0.25) is 0 Å². The molecule has 0 bridgehead atoms. The number of nitrogens with one attached hydrogen (secondary N) is 2. The van der Waals surface area contributed by atoms with Gasteiger partial charge in [-0.2, -0.15) is 0 Å². The van der Waals surface area contributed by atoms with Gasteiger partial charge in [0.05, 0.1) is 17.6 Å². The van der Waals surface area contributed by atoms with E-state index in [2.05, 4.69) is 10.0 Å². The number of aliphatic hydroxyl groups excluding tert-OH is 1. The monoisotopic (exact) mass is 378 g/mol. The molecule has 1 saturated carbocycles. The zero-order chi connectivity index (χ0) is 17.0. The lowest BCUT2D eigenvalue weighted by molar-refractivity contribution is 0.224. The number of rotatable bonds is 7. The van der Waals surface area contributed by atoms with Crippen LogP contribution in [0.1, 0.15) is 39.0 Å². The summed E-state index contributed by atoms with van der Waals surface area (Å²) in [6.45, 7) is 1.59. The molecule has 2 atom stereocenters. The van der Waals surface area contributed by atoms with Gasteiger partial charge in [0.1, 0.15) is 0 Å². The molecule has 8 heteroatoms. The maximum Gasteiger partial charge on any atom is 0.242 e. The highest BCUT2D eigenvalue weighted by molar-refractivity contribution is 7.96. The van der Waals surface area contributed by atoms with Crippen LogP contribution in [0.2, 0.25) is 0 Å². The van der Waals surface area contributed by atoms with Gasteiger partial charge in [-0.25, -0.2) is 13.1 Å². The summed E-state index contributed by atoms with van der Waals surface area (Å²) in [5.74, 6) is 0. The van der Waals surface area contributed by atoms with Gasteiger partial charge in [-0.05, 0) is 25.8 Å². The van der Waals surface area contributed by atoms with Crippen LogP contribution in [0, 0.1) is 0 Å². The predicted octanol–water partition coefficient (Wildman–Crippen LogP) is 1.97. The Morgan fingerprint density at radius 1 is 1.43 bits per heavy atom. The topological polar surface area (TPSA) is 78.4 Å². The molecule has 1 unspecified atom stereocenters. The van der Waals surface area contributed by atoms with E-state index >= 15 is 0 Å². The molecule has 2 rings (SSSR count). The highest BCUT2D eigenvalue weighted by atomic mass is 35.5. The van der Waals surface area contributed by atoms with Crippen molar-refractivity contribution in [2.45, 2.75) is 57.2 Å². The van der Waals surface area contributed by atoms with Crippen molar-refractivity contribution in [3.8, 4) is 0 Å². The number of hydrogen-bond acceptors (Lipinski definition) is 5. The van der Waals surface area contributed by atoms with Crippen molar-refractivity contribution in [2.24, 2.45) is 0 Å². The van der Waals surface area contributed by atoms with Crippen LogP contribution >= 0.6 is 23.8 Å². The summed E-state index contributed by atoms with van der Waals surface area (Å²) in [5, 5.41) is 13.3. The molecular weight excluding hydrogens is 356 g/mol. The minimum Gasteiger partial charge on any atom is -0.395 e. The molecule has 0 aromatic rings. The molecule has 2 aliphatic carbocycles. The van der Waals surface area contributed by atoms with Gasteiger partial charge in [0.25, 0.3) is 0 Å². The first-order chi connectivity index (χ1) is 10.8. The van der Waals surface area contributed by atoms with E-state index in [9.17, 15) is 13.5 Å². The number of sulfonamides is 1. The summed E-state index contributed by atoms with van der Waals surface area (Å²) < 4.78 is 27.7. The Hall–Kier alpha value is -0.310. The molecule has 0 aromatic heterocycles. The second kappa shape index (κ2) is 8.18. The third kappa shape index (κ3) is 5.08. The van der Waals surface area contributed by atoms with Crippen LogP contribution in [0.5, 0.6) is 0 Å². The fraction of sp³-hybridized carbons (Fsp3) is 0.667. The van der Waals surface area contributed by atoms with E-state index in [0.29, 0.717) is 22.4 Å². The molecule has 0 radical (unpaired) electrons. The third-order valence-electron chi connectivity index (χ3n) is 4.28. The van der Waals surface area contributed by atoms with Gasteiger partial charge in [-0.1, -0.05) is 42.7 Å². The summed E-state index contributed by atoms with van der Waals surface area (Å²) >= 11 is 11.0. The molecule has 0 spiro atoms. The second-order valence-electron chi connectivity index (χ2n) is 6.07. The number of hydrogen-bond donors (Lipinski definition) is 3. The molecule has 0 saturated heterocycles. The molecule has 3 N–H and O–H groups in total. The summed E-state index contributed by atoms with van der Waals surface area (Å²) in [6.07, 6.45) is 7.92. The average Bonchev–Trinajstić information content (AvgIpc) is 3.00. The summed E-state index contributed by atoms with van der Waals surface area (Å²) in [7, 11) is -3.81. The minimum absolute atomic E-state index is 0.0199. The first-order valence-electron chi connectivity index (χ1n) is 7.83. The standard InChI is InChI=1S/C15H23ClN2O3S2/c1-10(17-12-4-2-3-5-12)13(9-19)18-23(20,21)15-8-11(16)6-7-14(15)22/h6,8,10,12-13,17-19H,2-5,7,9H2,1H3/t10?,13-/m1/s1. The molecule has 130 valence electrons. The zero-order valence-corrected chi connectivity index (χ0v) is 15.5. The van der Waals surface area contributed by atoms with Gasteiger partial charge in [0.15, 0.2) is 0 Å². The van der Waals surface area contributed by atoms with E-state index in [1.807, 2.05) is 6.92 Å². The molecule has 1 fully saturated rings. The van der Waals surface area contributed by atoms with Gasteiger partial charge < -0.3 is 10.4 Å². The van der Waals surface area contributed by atoms with Gasteiger partial charge in [0.2, 0.25) is 10.0 Å². The lowest BCUT2D eigenvalue weighted by atomic mass is 10.1. The molecule has 23 heavy (non-hydrogen) atoms. The Morgan fingerprint density at radius 3 is 2.70 bits per heavy atom. The van der Waals surface area contributed by atoms with E-state index in [1.54, 1.807) is 6.08 Å². The SMILES string of the molecule is CC(NC1CCCC1)[C@@H](CO)NS(=O)(=O)C1=CC(Cl)=CCC1=S. The molecule has 0 aromatic carbocycles. The van der Waals surface area contributed by atoms with Crippen molar-refractivity contribution >= 4 is 38.7 Å². The number of allylic oxidation sites excluding steroid dienone is 4. The van der Waals surface area contributed by atoms with E-state index in [0.717, 1.165) is 12.8 Å². The number of aliphatic hydroxyl groups is 1. The summed E-state index contributed by atoms with van der Waals surface area (Å²) in [6, 6.07) is -0.411. The fourth-order valence-corrected chi connectivity index (χ4v) is 5.12. The van der Waals surface area contributed by atoms with Crippen molar-refractivity contribution in [1.82, 2.24) is 10.0 Å². The van der Waals surface area contributed by atoms with Gasteiger partial charge >= 0.3 is 0 Å². The van der Waals surface area contributed by atoms with E-state index in [4.69, 9.17) is 23.8 Å². The van der Waals surface area contributed by atoms with Crippen LogP contribution < -0.4 is 10.0 Å². The Morgan fingerprint density at radius 2 is 2.09 bits per heavy atom. The normalized spacial score (nSPS) is 22.7. The predicted molar refractivity (Wildman–Crippen MR) is 97.0 cm³/mol. The third-order valence-corrected chi connectivity index (χ3v) is 6.61. The molecular formula is C15H23ClN2O3S2. The average molecular weight is 379 g/mol. The van der Waals surface area contributed by atoms with E-state index in [-0.39, 0.29) is 17.6 Å². The molecule has 2 aliphatic rings. The second-order valence-corrected chi connectivity index (χ2v) is 8.68. The Kier molecular flexibility index (Phi) is 6.77. The highest BCUT2D eigenvalue weighted by Gasteiger charge is 2.30. The summed E-state index contributed by atoms with van der Waals surface area (Å²) in [5.41, 5.74) is 0. The van der Waals surface area contributed by atoms with Crippen molar-refractivity contribution in [3.05, 3.63) is 22.1 Å². The maximum atomic E-state index is 12.6. The zero-order valence-electron chi connectivity index (χ0n) is 13.1. The van der Waals surface area contributed by atoms with E-state index < -0.39 is 16.1 Å². The van der Waals surface area contributed by atoms with Gasteiger partial charge in [-0.15, -0.1) is 0 Å². The van der Waals surface area contributed by atoms with Crippen molar-refractivity contribution < 1.29 is 13.5 Å². The summed E-state index contributed by atoms with van der Waals surface area (Å²) in [4.78, 5) is 0.349. The van der Waals surface area contributed by atoms with Crippen LogP contribution in [0.3, 0.4) is 0 Å². The first kappa shape index (κ1) is 19.0. The fourth-order valence-electron chi connectivity index (χ4n) is 2.92. The van der Waals surface area contributed by atoms with Crippen LogP contribution in [-0.4, -0.2) is 43.1 Å². The lowest BCUT2D eigenvalue weighted by Crippen LogP contribution is -2.53. The van der Waals surface area contributed by atoms with Crippen molar-refractivity contribution in [2.75, 3.05) is 6.61 Å². The maximum absolute atomic E-state index is 12.6. The lowest BCUT2D eigenvalue weighted by Gasteiger charge is -2.27. The van der Waals surface area contributed by atoms with Crippen LogP contribution in [0.25, 0.3) is 0 Å². The largest absolute Gasteiger partial charge is 0.395 e. The number of thiocarbonyl (C=S) groups is 1. The molecule has 0 heterocycles. The Labute approximate surface area is 148 Å². The van der Waals surface area contributed by atoms with Crippen molar-refractivity contribution in [1.29, 1.82) is 0 Å². The minimum atomic E-state index is -3.81. The smallest absolute Gasteiger partial charge is 0.242 e. The molecule has 5 nitrogen and oxygen atoms in total. The quantitative estimate of drug-likeness (QED) is 0.590. The number of halogens is 1. The van der Waals surface area contributed by atoms with Crippen LogP contribution in [0.15, 0.2) is 22.1 Å².